The summed E-state index contributed by atoms with van der Waals surface area (Å²) in [6, 6.07) is 7.04. The van der Waals surface area contributed by atoms with E-state index < -0.39 is 0 Å². The van der Waals surface area contributed by atoms with E-state index in [4.69, 9.17) is 4.74 Å². The first-order valence-corrected chi connectivity index (χ1v) is 8.68. The van der Waals surface area contributed by atoms with E-state index in [1.807, 2.05) is 12.1 Å². The molecule has 0 spiro atoms. The Balaban J connectivity index is 1.77. The Labute approximate surface area is 139 Å². The Hall–Kier alpha value is -1.71. The highest BCUT2D eigenvalue weighted by atomic mass is 16.6. The zero-order chi connectivity index (χ0) is 16.8. The number of phenols is 1. The third-order valence-corrected chi connectivity index (χ3v) is 4.84. The molecule has 1 amide bonds. The summed E-state index contributed by atoms with van der Waals surface area (Å²) in [7, 11) is 0. The lowest BCUT2D eigenvalue weighted by Gasteiger charge is -2.36. The predicted octanol–water partition coefficient (Wildman–Crippen LogP) is 4.12. The third-order valence-electron chi connectivity index (χ3n) is 4.84. The van der Waals surface area contributed by atoms with E-state index in [9.17, 15) is 9.90 Å². The van der Waals surface area contributed by atoms with Gasteiger partial charge in [0, 0.05) is 6.54 Å². The highest BCUT2D eigenvalue weighted by molar-refractivity contribution is 5.67. The molecule has 0 unspecified atom stereocenters. The fourth-order valence-electron chi connectivity index (χ4n) is 3.40. The van der Waals surface area contributed by atoms with Gasteiger partial charge in [0.15, 0.2) is 0 Å². The van der Waals surface area contributed by atoms with Crippen molar-refractivity contribution in [2.24, 2.45) is 17.8 Å². The maximum absolute atomic E-state index is 12.1. The molecule has 0 aliphatic heterocycles. The van der Waals surface area contributed by atoms with E-state index in [1.54, 1.807) is 12.1 Å². The Bertz CT molecular complexity index is 498. The number of rotatable bonds is 5. The quantitative estimate of drug-likeness (QED) is 0.858. The van der Waals surface area contributed by atoms with Gasteiger partial charge in [0.25, 0.3) is 0 Å². The normalized spacial score (nSPS) is 24.4. The van der Waals surface area contributed by atoms with Crippen molar-refractivity contribution in [2.45, 2.75) is 52.6 Å². The summed E-state index contributed by atoms with van der Waals surface area (Å²) in [4.78, 5) is 12.1. The van der Waals surface area contributed by atoms with Crippen LogP contribution in [0.15, 0.2) is 24.3 Å². The zero-order valence-corrected chi connectivity index (χ0v) is 14.4. The molecule has 0 aromatic heterocycles. The van der Waals surface area contributed by atoms with Crippen LogP contribution in [0.5, 0.6) is 5.75 Å². The first kappa shape index (κ1) is 17.6. The van der Waals surface area contributed by atoms with Crippen LogP contribution in [-0.2, 0) is 11.2 Å². The summed E-state index contributed by atoms with van der Waals surface area (Å²) in [5, 5.41) is 12.1. The fraction of sp³-hybridized carbons (Fsp3) is 0.632. The number of ether oxygens (including phenoxy) is 1. The number of hydrogen-bond donors (Lipinski definition) is 2. The lowest BCUT2D eigenvalue weighted by Crippen LogP contribution is -2.39. The van der Waals surface area contributed by atoms with E-state index >= 15 is 0 Å². The van der Waals surface area contributed by atoms with Gasteiger partial charge in [0.1, 0.15) is 11.9 Å². The molecule has 1 fully saturated rings. The SMILES string of the molecule is CC(C)[C@@H]1CC[C@@H](C)C[C@H]1OC(=O)NCCc1ccc(O)cc1. The minimum atomic E-state index is -0.312. The van der Waals surface area contributed by atoms with E-state index in [1.165, 1.54) is 6.42 Å². The van der Waals surface area contributed by atoms with Crippen LogP contribution in [0.2, 0.25) is 0 Å². The molecule has 0 heterocycles. The summed E-state index contributed by atoms with van der Waals surface area (Å²) in [5.41, 5.74) is 1.08. The molecule has 1 aliphatic rings. The van der Waals surface area contributed by atoms with Crippen LogP contribution in [0.3, 0.4) is 0 Å². The highest BCUT2D eigenvalue weighted by Crippen LogP contribution is 2.35. The third kappa shape index (κ3) is 5.45. The van der Waals surface area contributed by atoms with Crippen molar-refractivity contribution >= 4 is 6.09 Å². The molecule has 1 saturated carbocycles. The Kier molecular flexibility index (Phi) is 6.31. The van der Waals surface area contributed by atoms with Crippen molar-refractivity contribution in [3.05, 3.63) is 29.8 Å². The molecule has 2 N–H and O–H groups in total. The summed E-state index contributed by atoms with van der Waals surface area (Å²) in [6.07, 6.45) is 3.79. The van der Waals surface area contributed by atoms with Gasteiger partial charge in [-0.05, 0) is 54.7 Å². The van der Waals surface area contributed by atoms with Crippen molar-refractivity contribution in [3.8, 4) is 5.75 Å². The maximum Gasteiger partial charge on any atom is 0.407 e. The Morgan fingerprint density at radius 3 is 2.65 bits per heavy atom. The van der Waals surface area contributed by atoms with E-state index in [0.717, 1.165) is 24.8 Å². The second kappa shape index (κ2) is 8.23. The molecule has 4 heteroatoms. The summed E-state index contributed by atoms with van der Waals surface area (Å²) >= 11 is 0. The first-order chi connectivity index (χ1) is 11.0. The van der Waals surface area contributed by atoms with Gasteiger partial charge in [0.05, 0.1) is 0 Å². The van der Waals surface area contributed by atoms with Gasteiger partial charge in [-0.1, -0.05) is 39.3 Å². The van der Waals surface area contributed by atoms with Gasteiger partial charge < -0.3 is 15.2 Å². The zero-order valence-electron chi connectivity index (χ0n) is 14.4. The number of benzene rings is 1. The van der Waals surface area contributed by atoms with E-state index in [2.05, 4.69) is 26.1 Å². The number of hydrogen-bond acceptors (Lipinski definition) is 3. The molecule has 0 bridgehead atoms. The summed E-state index contributed by atoms with van der Waals surface area (Å²) in [5.74, 6) is 1.89. The maximum atomic E-state index is 12.1. The number of carbonyl (C=O) groups is 1. The number of phenolic OH excluding ortho intramolecular Hbond substituents is 1. The van der Waals surface area contributed by atoms with Gasteiger partial charge in [-0.3, -0.25) is 0 Å². The van der Waals surface area contributed by atoms with Crippen LogP contribution in [0, 0.1) is 17.8 Å². The summed E-state index contributed by atoms with van der Waals surface area (Å²) in [6.45, 7) is 7.19. The van der Waals surface area contributed by atoms with Crippen LogP contribution < -0.4 is 5.32 Å². The molecular formula is C19H29NO3. The van der Waals surface area contributed by atoms with Crippen molar-refractivity contribution in [3.63, 3.8) is 0 Å². The smallest absolute Gasteiger partial charge is 0.407 e. The molecule has 1 aromatic carbocycles. The lowest BCUT2D eigenvalue weighted by atomic mass is 9.75. The monoisotopic (exact) mass is 319 g/mol. The van der Waals surface area contributed by atoms with Gasteiger partial charge >= 0.3 is 6.09 Å². The standard InChI is InChI=1S/C19H29NO3/c1-13(2)17-9-4-14(3)12-18(17)23-19(22)20-11-10-15-5-7-16(21)8-6-15/h5-8,13-14,17-18,21H,4,9-12H2,1-3H3,(H,20,22)/t14-,17+,18-/m1/s1. The topological polar surface area (TPSA) is 58.6 Å². The molecule has 2 rings (SSSR count). The van der Waals surface area contributed by atoms with Crippen LogP contribution in [0.1, 0.15) is 45.6 Å². The molecule has 4 nitrogen and oxygen atoms in total. The number of aromatic hydroxyl groups is 1. The molecule has 128 valence electrons. The number of alkyl carbamates (subject to hydrolysis) is 1. The van der Waals surface area contributed by atoms with Crippen molar-refractivity contribution in [1.82, 2.24) is 5.32 Å². The largest absolute Gasteiger partial charge is 0.508 e. The molecule has 1 aromatic rings. The molecule has 0 radical (unpaired) electrons. The lowest BCUT2D eigenvalue weighted by molar-refractivity contribution is 0.00630. The Morgan fingerprint density at radius 2 is 2.00 bits per heavy atom. The average Bonchev–Trinajstić information content (AvgIpc) is 2.49. The average molecular weight is 319 g/mol. The van der Waals surface area contributed by atoms with E-state index in [0.29, 0.717) is 24.3 Å². The molecular weight excluding hydrogens is 290 g/mol. The van der Waals surface area contributed by atoms with Crippen LogP contribution in [-0.4, -0.2) is 23.8 Å². The Morgan fingerprint density at radius 1 is 1.30 bits per heavy atom. The van der Waals surface area contributed by atoms with E-state index in [-0.39, 0.29) is 17.9 Å². The van der Waals surface area contributed by atoms with Crippen molar-refractivity contribution in [2.75, 3.05) is 6.54 Å². The van der Waals surface area contributed by atoms with Crippen LogP contribution in [0.4, 0.5) is 4.79 Å². The van der Waals surface area contributed by atoms with Gasteiger partial charge in [-0.25, -0.2) is 4.79 Å². The second-order valence-electron chi connectivity index (χ2n) is 7.11. The molecule has 0 saturated heterocycles. The highest BCUT2D eigenvalue weighted by Gasteiger charge is 2.33. The molecule has 23 heavy (non-hydrogen) atoms. The van der Waals surface area contributed by atoms with Gasteiger partial charge in [-0.2, -0.15) is 0 Å². The van der Waals surface area contributed by atoms with Crippen molar-refractivity contribution in [1.29, 1.82) is 0 Å². The number of amides is 1. The minimum absolute atomic E-state index is 0.0347. The minimum Gasteiger partial charge on any atom is -0.508 e. The van der Waals surface area contributed by atoms with Crippen LogP contribution >= 0.6 is 0 Å². The second-order valence-corrected chi connectivity index (χ2v) is 7.11. The van der Waals surface area contributed by atoms with Gasteiger partial charge in [0.2, 0.25) is 0 Å². The van der Waals surface area contributed by atoms with Crippen LogP contribution in [0.25, 0.3) is 0 Å². The predicted molar refractivity (Wildman–Crippen MR) is 91.4 cm³/mol. The molecule has 1 aliphatic carbocycles. The summed E-state index contributed by atoms with van der Waals surface area (Å²) < 4.78 is 5.70. The number of carbonyl (C=O) groups excluding carboxylic acids is 1. The molecule has 3 atom stereocenters. The van der Waals surface area contributed by atoms with Gasteiger partial charge in [-0.15, -0.1) is 0 Å². The first-order valence-electron chi connectivity index (χ1n) is 8.68. The fourth-order valence-corrected chi connectivity index (χ4v) is 3.40. The van der Waals surface area contributed by atoms with Crippen molar-refractivity contribution < 1.29 is 14.6 Å². The number of nitrogens with one attached hydrogen (secondary N) is 1.